The zero-order valence-corrected chi connectivity index (χ0v) is 13.5. The molecule has 0 saturated heterocycles. The summed E-state index contributed by atoms with van der Waals surface area (Å²) in [6, 6.07) is 17.1. The van der Waals surface area contributed by atoms with Gasteiger partial charge in [-0.2, -0.15) is 0 Å². The highest BCUT2D eigenvalue weighted by molar-refractivity contribution is 7.09. The molecule has 1 amide bonds. The van der Waals surface area contributed by atoms with Crippen LogP contribution in [0.2, 0.25) is 0 Å². The number of hydrogen-bond acceptors (Lipinski definition) is 5. The fourth-order valence-corrected chi connectivity index (χ4v) is 3.27. The van der Waals surface area contributed by atoms with Crippen molar-refractivity contribution >= 4 is 22.9 Å². The van der Waals surface area contributed by atoms with Crippen molar-refractivity contribution in [2.75, 3.05) is 5.32 Å². The lowest BCUT2D eigenvalue weighted by atomic mass is 10.1. The van der Waals surface area contributed by atoms with E-state index >= 15 is 0 Å². The van der Waals surface area contributed by atoms with Crippen LogP contribution in [0.4, 0.5) is 5.69 Å². The Balaban J connectivity index is 1.46. The van der Waals surface area contributed by atoms with Crippen molar-refractivity contribution in [3.05, 3.63) is 76.2 Å². The third kappa shape index (κ3) is 2.96. The molecule has 6 heteroatoms. The Kier molecular flexibility index (Phi) is 3.88. The van der Waals surface area contributed by atoms with Crippen LogP contribution in [-0.2, 0) is 6.61 Å². The van der Waals surface area contributed by atoms with Crippen LogP contribution in [-0.4, -0.2) is 10.9 Å². The van der Waals surface area contributed by atoms with Crippen LogP contribution in [0.25, 0.3) is 0 Å². The van der Waals surface area contributed by atoms with Crippen LogP contribution in [0.3, 0.4) is 0 Å². The number of nitrogens with zero attached hydrogens (tertiary/aromatic N) is 1. The van der Waals surface area contributed by atoms with Crippen molar-refractivity contribution in [3.63, 3.8) is 0 Å². The van der Waals surface area contributed by atoms with Crippen molar-refractivity contribution < 1.29 is 9.53 Å². The molecule has 3 aromatic rings. The van der Waals surface area contributed by atoms with Gasteiger partial charge in [-0.1, -0.05) is 30.3 Å². The third-order valence-electron chi connectivity index (χ3n) is 3.72. The number of thiazole rings is 1. The van der Waals surface area contributed by atoms with E-state index in [-0.39, 0.29) is 12.1 Å². The molecule has 0 unspecified atom stereocenters. The molecule has 1 aliphatic heterocycles. The quantitative estimate of drug-likeness (QED) is 0.764. The van der Waals surface area contributed by atoms with E-state index in [4.69, 9.17) is 4.74 Å². The molecule has 1 aromatic heterocycles. The van der Waals surface area contributed by atoms with Crippen LogP contribution < -0.4 is 15.4 Å². The highest BCUT2D eigenvalue weighted by atomic mass is 32.1. The molecule has 1 aliphatic rings. The van der Waals surface area contributed by atoms with E-state index in [1.165, 1.54) is 11.3 Å². The summed E-state index contributed by atoms with van der Waals surface area (Å²) in [6.07, 6.45) is -0.325. The Morgan fingerprint density at radius 1 is 1.04 bits per heavy atom. The maximum absolute atomic E-state index is 12.2. The number of para-hydroxylation sites is 2. The van der Waals surface area contributed by atoms with Gasteiger partial charge in [-0.15, -0.1) is 11.3 Å². The van der Waals surface area contributed by atoms with Gasteiger partial charge in [-0.05, 0) is 24.3 Å². The van der Waals surface area contributed by atoms with E-state index < -0.39 is 0 Å². The summed E-state index contributed by atoms with van der Waals surface area (Å²) >= 11 is 1.52. The van der Waals surface area contributed by atoms with Crippen LogP contribution >= 0.6 is 11.3 Å². The Morgan fingerprint density at radius 3 is 2.71 bits per heavy atom. The fourth-order valence-electron chi connectivity index (χ4n) is 2.54. The van der Waals surface area contributed by atoms with Gasteiger partial charge in [0.2, 0.25) is 0 Å². The largest absolute Gasteiger partial charge is 0.486 e. The van der Waals surface area contributed by atoms with E-state index in [2.05, 4.69) is 15.6 Å². The number of carbonyl (C=O) groups excluding carboxylic acids is 1. The number of hydrogen-bond donors (Lipinski definition) is 2. The first-order valence-electron chi connectivity index (χ1n) is 7.58. The van der Waals surface area contributed by atoms with Crippen molar-refractivity contribution in [1.82, 2.24) is 10.3 Å². The first-order valence-corrected chi connectivity index (χ1v) is 8.46. The zero-order valence-electron chi connectivity index (χ0n) is 12.7. The number of anilines is 1. The average Bonchev–Trinajstić information content (AvgIpc) is 3.10. The van der Waals surface area contributed by atoms with Crippen molar-refractivity contribution in [1.29, 1.82) is 0 Å². The molecule has 2 heterocycles. The van der Waals surface area contributed by atoms with Gasteiger partial charge in [-0.25, -0.2) is 4.98 Å². The third-order valence-corrected chi connectivity index (χ3v) is 4.56. The van der Waals surface area contributed by atoms with E-state index in [0.717, 1.165) is 22.1 Å². The molecule has 0 saturated carbocycles. The lowest BCUT2D eigenvalue weighted by Gasteiger charge is -2.26. The van der Waals surface area contributed by atoms with Gasteiger partial charge < -0.3 is 15.4 Å². The molecule has 1 atom stereocenters. The maximum atomic E-state index is 12.2. The smallest absolute Gasteiger partial charge is 0.255 e. The summed E-state index contributed by atoms with van der Waals surface area (Å²) in [5, 5.41) is 9.04. The lowest BCUT2D eigenvalue weighted by Crippen LogP contribution is -2.38. The number of fused-ring (bicyclic) bond motifs is 1. The minimum absolute atomic E-state index is 0.0931. The molecule has 0 aliphatic carbocycles. The molecular formula is C18H15N3O2S. The van der Waals surface area contributed by atoms with Crippen molar-refractivity contribution in [2.45, 2.75) is 12.8 Å². The number of aromatic nitrogens is 1. The molecule has 24 heavy (non-hydrogen) atoms. The first-order chi connectivity index (χ1) is 11.8. The second kappa shape index (κ2) is 6.33. The molecule has 2 N–H and O–H groups in total. The lowest BCUT2D eigenvalue weighted by molar-refractivity contribution is 0.0935. The Labute approximate surface area is 143 Å². The zero-order chi connectivity index (χ0) is 16.4. The molecule has 0 radical (unpaired) electrons. The van der Waals surface area contributed by atoms with Crippen LogP contribution in [0.5, 0.6) is 5.75 Å². The van der Waals surface area contributed by atoms with Crippen LogP contribution in [0.15, 0.2) is 60.0 Å². The average molecular weight is 337 g/mol. The van der Waals surface area contributed by atoms with Gasteiger partial charge in [0.05, 0.1) is 11.3 Å². The highest BCUT2D eigenvalue weighted by Crippen LogP contribution is 2.27. The Hall–Kier alpha value is -2.86. The second-order valence-corrected chi connectivity index (χ2v) is 6.31. The van der Waals surface area contributed by atoms with Gasteiger partial charge in [-0.3, -0.25) is 4.79 Å². The van der Waals surface area contributed by atoms with Crippen molar-refractivity contribution in [2.24, 2.45) is 0 Å². The number of benzene rings is 2. The van der Waals surface area contributed by atoms with Crippen molar-refractivity contribution in [3.8, 4) is 5.75 Å². The predicted octanol–water partition coefficient (Wildman–Crippen LogP) is 3.58. The molecular weight excluding hydrogens is 322 g/mol. The standard InChI is InChI=1S/C18H15N3O2S/c22-18-13-8-4-5-9-14(13)20-17(21-18)15-11-24-16(19-15)10-23-12-6-2-1-3-7-12/h1-9,11,17,20H,10H2,(H,21,22)/t17-/m1/s1. The fraction of sp³-hybridized carbons (Fsp3) is 0.111. The molecule has 0 spiro atoms. The monoisotopic (exact) mass is 337 g/mol. The van der Waals surface area contributed by atoms with Crippen LogP contribution in [0.1, 0.15) is 27.2 Å². The Morgan fingerprint density at radius 2 is 1.83 bits per heavy atom. The van der Waals surface area contributed by atoms with Gasteiger partial charge in [0.15, 0.2) is 0 Å². The summed E-state index contributed by atoms with van der Waals surface area (Å²) < 4.78 is 5.71. The minimum Gasteiger partial charge on any atom is -0.486 e. The summed E-state index contributed by atoms with van der Waals surface area (Å²) in [5.74, 6) is 0.719. The van der Waals surface area contributed by atoms with Gasteiger partial charge in [0.25, 0.3) is 5.91 Å². The Bertz CT molecular complexity index is 863. The van der Waals surface area contributed by atoms with Gasteiger partial charge in [0, 0.05) is 11.1 Å². The van der Waals surface area contributed by atoms with Gasteiger partial charge in [0.1, 0.15) is 23.5 Å². The summed E-state index contributed by atoms with van der Waals surface area (Å²) in [7, 11) is 0. The van der Waals surface area contributed by atoms with Gasteiger partial charge >= 0.3 is 0 Å². The molecule has 4 rings (SSSR count). The summed E-state index contributed by atoms with van der Waals surface area (Å²) in [6.45, 7) is 0.409. The molecule has 0 bridgehead atoms. The number of ether oxygens (including phenoxy) is 1. The topological polar surface area (TPSA) is 63.2 Å². The molecule has 2 aromatic carbocycles. The maximum Gasteiger partial charge on any atom is 0.255 e. The first kappa shape index (κ1) is 14.7. The number of amides is 1. The SMILES string of the molecule is O=C1N[C@H](c2csc(COc3ccccc3)n2)Nc2ccccc21. The second-order valence-electron chi connectivity index (χ2n) is 5.36. The van der Waals surface area contributed by atoms with Crippen LogP contribution in [0, 0.1) is 0 Å². The number of carbonyl (C=O) groups is 1. The van der Waals surface area contributed by atoms with E-state index in [9.17, 15) is 4.79 Å². The summed E-state index contributed by atoms with van der Waals surface area (Å²) in [4.78, 5) is 16.8. The summed E-state index contributed by atoms with van der Waals surface area (Å²) in [5.41, 5.74) is 2.26. The van der Waals surface area contributed by atoms with E-state index in [1.54, 1.807) is 6.07 Å². The minimum atomic E-state index is -0.325. The predicted molar refractivity (Wildman–Crippen MR) is 93.2 cm³/mol. The molecule has 0 fully saturated rings. The van der Waals surface area contributed by atoms with E-state index in [0.29, 0.717) is 12.2 Å². The van der Waals surface area contributed by atoms with E-state index in [1.807, 2.05) is 53.9 Å². The number of nitrogens with one attached hydrogen (secondary N) is 2. The molecule has 5 nitrogen and oxygen atoms in total. The normalized spacial score (nSPS) is 16.0. The highest BCUT2D eigenvalue weighted by Gasteiger charge is 2.25. The number of rotatable bonds is 4. The molecule has 120 valence electrons.